The van der Waals surface area contributed by atoms with Crippen LogP contribution in [0.2, 0.25) is 0 Å². The van der Waals surface area contributed by atoms with Crippen LogP contribution in [0.3, 0.4) is 0 Å². The van der Waals surface area contributed by atoms with Crippen LogP contribution in [0.1, 0.15) is 12.0 Å². The molecular formula is C18H21FN2O5S2. The van der Waals surface area contributed by atoms with Crippen molar-refractivity contribution < 1.29 is 26.0 Å². The molecule has 28 heavy (non-hydrogen) atoms. The second kappa shape index (κ2) is 8.06. The van der Waals surface area contributed by atoms with E-state index in [1.54, 1.807) is 12.1 Å². The number of anilines is 2. The normalized spacial score (nSPS) is 14.6. The molecule has 0 radical (unpaired) electrons. The molecular weight excluding hydrogens is 407 g/mol. The van der Waals surface area contributed by atoms with Crippen LogP contribution in [0.25, 0.3) is 0 Å². The zero-order valence-electron chi connectivity index (χ0n) is 15.3. The lowest BCUT2D eigenvalue weighted by atomic mass is 10.0. The number of rotatable bonds is 7. The zero-order valence-corrected chi connectivity index (χ0v) is 16.9. The van der Waals surface area contributed by atoms with E-state index in [4.69, 9.17) is 4.74 Å². The highest BCUT2D eigenvalue weighted by Crippen LogP contribution is 2.34. The highest BCUT2D eigenvalue weighted by molar-refractivity contribution is 7.93. The van der Waals surface area contributed by atoms with Crippen molar-refractivity contribution in [2.24, 2.45) is 0 Å². The Morgan fingerprint density at radius 1 is 1.11 bits per heavy atom. The Hall–Kier alpha value is -2.17. The third-order valence-electron chi connectivity index (χ3n) is 4.39. The van der Waals surface area contributed by atoms with Gasteiger partial charge in [-0.25, -0.2) is 21.2 Å². The molecule has 0 aliphatic carbocycles. The molecule has 0 unspecified atom stereocenters. The van der Waals surface area contributed by atoms with Crippen LogP contribution in [0.15, 0.2) is 47.4 Å². The summed E-state index contributed by atoms with van der Waals surface area (Å²) in [6, 6.07) is 9.44. The smallest absolute Gasteiger partial charge is 0.264 e. The number of sulfonamides is 2. The third-order valence-corrected chi connectivity index (χ3v) is 7.46. The van der Waals surface area contributed by atoms with Crippen molar-refractivity contribution >= 4 is 31.4 Å². The fourth-order valence-electron chi connectivity index (χ4n) is 3.03. The summed E-state index contributed by atoms with van der Waals surface area (Å²) in [5, 5.41) is 0. The van der Waals surface area contributed by atoms with Crippen molar-refractivity contribution in [3.63, 3.8) is 0 Å². The molecule has 10 heteroatoms. The number of nitrogens with zero attached hydrogens (tertiary/aromatic N) is 1. The van der Waals surface area contributed by atoms with Crippen LogP contribution in [0.4, 0.5) is 15.8 Å². The summed E-state index contributed by atoms with van der Waals surface area (Å²) < 4.78 is 71.7. The van der Waals surface area contributed by atoms with E-state index in [-0.39, 0.29) is 17.3 Å². The number of fused-ring (bicyclic) bond motifs is 1. The molecule has 1 aliphatic rings. The Labute approximate surface area is 164 Å². The Bertz CT molecular complexity index is 1050. The van der Waals surface area contributed by atoms with Gasteiger partial charge < -0.3 is 4.74 Å². The summed E-state index contributed by atoms with van der Waals surface area (Å²) in [5.74, 6) is -0.686. The maximum atomic E-state index is 13.1. The van der Waals surface area contributed by atoms with Gasteiger partial charge in [0.2, 0.25) is 10.0 Å². The summed E-state index contributed by atoms with van der Waals surface area (Å²) in [5.41, 5.74) is 1.59. The number of ether oxygens (including phenoxy) is 1. The monoisotopic (exact) mass is 428 g/mol. The van der Waals surface area contributed by atoms with Gasteiger partial charge in [0.15, 0.2) is 0 Å². The predicted octanol–water partition coefficient (Wildman–Crippen LogP) is 2.36. The number of aryl methyl sites for hydroxylation is 1. The molecule has 0 saturated carbocycles. The molecule has 152 valence electrons. The molecule has 1 N–H and O–H groups in total. The van der Waals surface area contributed by atoms with Crippen molar-refractivity contribution in [2.75, 3.05) is 35.0 Å². The van der Waals surface area contributed by atoms with Crippen molar-refractivity contribution in [3.05, 3.63) is 53.8 Å². The Morgan fingerprint density at radius 2 is 1.82 bits per heavy atom. The molecule has 1 heterocycles. The first-order valence-electron chi connectivity index (χ1n) is 8.63. The van der Waals surface area contributed by atoms with Crippen molar-refractivity contribution in [3.8, 4) is 0 Å². The van der Waals surface area contributed by atoms with E-state index < -0.39 is 25.9 Å². The van der Waals surface area contributed by atoms with Gasteiger partial charge in [-0.15, -0.1) is 0 Å². The van der Waals surface area contributed by atoms with Gasteiger partial charge in [0.1, 0.15) is 5.82 Å². The fourth-order valence-corrected chi connectivity index (χ4v) is 5.55. The SMILES string of the molecule is COCCS(=O)(=O)Nc1ccc2c(c1)CCCN2S(=O)(=O)c1ccc(F)cc1. The number of hydrogen-bond acceptors (Lipinski definition) is 5. The molecule has 0 bridgehead atoms. The topological polar surface area (TPSA) is 92.8 Å². The molecule has 0 fully saturated rings. The third kappa shape index (κ3) is 4.45. The summed E-state index contributed by atoms with van der Waals surface area (Å²) in [4.78, 5) is 0.00564. The van der Waals surface area contributed by atoms with Crippen LogP contribution in [0, 0.1) is 5.82 Å². The van der Waals surface area contributed by atoms with Gasteiger partial charge >= 0.3 is 0 Å². The highest BCUT2D eigenvalue weighted by atomic mass is 32.2. The lowest BCUT2D eigenvalue weighted by Gasteiger charge is -2.31. The van der Waals surface area contributed by atoms with Crippen LogP contribution in [-0.4, -0.2) is 42.8 Å². The van der Waals surface area contributed by atoms with Crippen molar-refractivity contribution in [1.29, 1.82) is 0 Å². The van der Waals surface area contributed by atoms with Crippen LogP contribution < -0.4 is 9.03 Å². The lowest BCUT2D eigenvalue weighted by Crippen LogP contribution is -2.35. The van der Waals surface area contributed by atoms with Gasteiger partial charge in [-0.2, -0.15) is 0 Å². The van der Waals surface area contributed by atoms with Crippen molar-refractivity contribution in [1.82, 2.24) is 0 Å². The summed E-state index contributed by atoms with van der Waals surface area (Å²) in [6.07, 6.45) is 1.21. The van der Waals surface area contributed by atoms with E-state index in [1.807, 2.05) is 0 Å². The number of methoxy groups -OCH3 is 1. The average molecular weight is 429 g/mol. The number of nitrogens with one attached hydrogen (secondary N) is 1. The summed E-state index contributed by atoms with van der Waals surface area (Å²) >= 11 is 0. The first-order chi connectivity index (χ1) is 13.2. The molecule has 2 aromatic rings. The van der Waals surface area contributed by atoms with Gasteiger partial charge in [0.05, 0.1) is 22.9 Å². The molecule has 0 aromatic heterocycles. The lowest BCUT2D eigenvalue weighted by molar-refractivity contribution is 0.217. The molecule has 0 saturated heterocycles. The van der Waals surface area contributed by atoms with E-state index in [0.717, 1.165) is 17.7 Å². The van der Waals surface area contributed by atoms with Crippen LogP contribution in [0.5, 0.6) is 0 Å². The van der Waals surface area contributed by atoms with Crippen LogP contribution in [-0.2, 0) is 31.2 Å². The number of hydrogen-bond donors (Lipinski definition) is 1. The minimum Gasteiger partial charge on any atom is -0.384 e. The standard InChI is InChI=1S/C18H21FN2O5S2/c1-26-11-12-27(22,23)20-16-6-9-18-14(13-16)3-2-10-21(18)28(24,25)17-7-4-15(19)5-8-17/h4-9,13,20H,2-3,10-12H2,1H3. The fraction of sp³-hybridized carbons (Fsp3) is 0.333. The van der Waals surface area contributed by atoms with E-state index >= 15 is 0 Å². The molecule has 7 nitrogen and oxygen atoms in total. The summed E-state index contributed by atoms with van der Waals surface area (Å²) in [6.45, 7) is 0.371. The molecule has 0 atom stereocenters. The van der Waals surface area contributed by atoms with Crippen molar-refractivity contribution in [2.45, 2.75) is 17.7 Å². The van der Waals surface area contributed by atoms with Crippen LogP contribution >= 0.6 is 0 Å². The van der Waals surface area contributed by atoms with E-state index in [0.29, 0.717) is 30.8 Å². The Balaban J connectivity index is 1.90. The van der Waals surface area contributed by atoms with Gasteiger partial charge in [0, 0.05) is 19.3 Å². The van der Waals surface area contributed by atoms with Gasteiger partial charge in [-0.1, -0.05) is 0 Å². The first kappa shape index (κ1) is 20.6. The first-order valence-corrected chi connectivity index (χ1v) is 11.7. The largest absolute Gasteiger partial charge is 0.384 e. The highest BCUT2D eigenvalue weighted by Gasteiger charge is 2.29. The van der Waals surface area contributed by atoms with Gasteiger partial charge in [-0.3, -0.25) is 9.03 Å². The van der Waals surface area contributed by atoms with E-state index in [1.165, 1.54) is 29.6 Å². The maximum absolute atomic E-state index is 13.1. The second-order valence-corrected chi connectivity index (χ2v) is 10.1. The molecule has 1 aliphatic heterocycles. The minimum absolute atomic E-state index is 0.00564. The quantitative estimate of drug-likeness (QED) is 0.731. The van der Waals surface area contributed by atoms with Gasteiger partial charge in [0.25, 0.3) is 10.0 Å². The van der Waals surface area contributed by atoms with Gasteiger partial charge in [-0.05, 0) is 60.9 Å². The number of halogens is 1. The van der Waals surface area contributed by atoms with E-state index in [9.17, 15) is 21.2 Å². The predicted molar refractivity (Wildman–Crippen MR) is 105 cm³/mol. The summed E-state index contributed by atoms with van der Waals surface area (Å²) in [7, 11) is -5.97. The zero-order chi connectivity index (χ0) is 20.4. The molecule has 0 spiro atoms. The Kier molecular flexibility index (Phi) is 5.92. The molecule has 0 amide bonds. The minimum atomic E-state index is -3.84. The molecule has 3 rings (SSSR count). The number of benzene rings is 2. The Morgan fingerprint density at radius 3 is 2.50 bits per heavy atom. The average Bonchev–Trinajstić information content (AvgIpc) is 2.66. The maximum Gasteiger partial charge on any atom is 0.264 e. The molecule has 2 aromatic carbocycles. The second-order valence-electron chi connectivity index (χ2n) is 6.39. The van der Waals surface area contributed by atoms with E-state index in [2.05, 4.69) is 4.72 Å².